The molecule has 0 N–H and O–H groups in total. The summed E-state index contributed by atoms with van der Waals surface area (Å²) in [6, 6.07) is 0. The van der Waals surface area contributed by atoms with E-state index in [1.807, 2.05) is 6.92 Å². The molecule has 0 heterocycles. The topological polar surface area (TPSA) is 0 Å². The SMILES string of the molecule is CCCC(I)CCCCC(C)(C(F)(F)F)C(F)(F)F. The number of alkyl halides is 7. The van der Waals surface area contributed by atoms with E-state index < -0.39 is 24.2 Å². The Balaban J connectivity index is 4.40. The molecular formula is C12H19F6I. The van der Waals surface area contributed by atoms with Gasteiger partial charge in [0.15, 0.2) is 5.41 Å². The molecule has 7 heteroatoms. The zero-order chi connectivity index (χ0) is 15.3. The predicted molar refractivity (Wildman–Crippen MR) is 71.4 cm³/mol. The standard InChI is InChI=1S/C12H19F6I/c1-3-6-9(19)7-4-5-8-10(2,11(13,14)15)12(16,17)18/h9H,3-8H2,1-2H3. The van der Waals surface area contributed by atoms with Crippen molar-refractivity contribution in [1.82, 2.24) is 0 Å². The molecular weight excluding hydrogens is 385 g/mol. The van der Waals surface area contributed by atoms with Crippen LogP contribution in [0.3, 0.4) is 0 Å². The first-order chi connectivity index (χ1) is 8.45. The maximum atomic E-state index is 12.6. The molecule has 0 aliphatic carbocycles. The summed E-state index contributed by atoms with van der Waals surface area (Å²) in [5.41, 5.74) is -3.59. The van der Waals surface area contributed by atoms with Crippen LogP contribution in [0.2, 0.25) is 0 Å². The number of rotatable bonds is 7. The Bertz CT molecular complexity index is 244. The molecule has 0 aromatic heterocycles. The van der Waals surface area contributed by atoms with Crippen LogP contribution in [-0.2, 0) is 0 Å². The van der Waals surface area contributed by atoms with Crippen LogP contribution in [0.15, 0.2) is 0 Å². The molecule has 0 aliphatic heterocycles. The van der Waals surface area contributed by atoms with Crippen molar-refractivity contribution in [2.24, 2.45) is 5.41 Å². The second-order valence-electron chi connectivity index (χ2n) is 4.96. The van der Waals surface area contributed by atoms with Crippen LogP contribution in [0.25, 0.3) is 0 Å². The average molecular weight is 404 g/mol. The zero-order valence-corrected chi connectivity index (χ0v) is 13.1. The van der Waals surface area contributed by atoms with Gasteiger partial charge in [0.2, 0.25) is 0 Å². The van der Waals surface area contributed by atoms with Gasteiger partial charge in [-0.05, 0) is 26.2 Å². The van der Waals surface area contributed by atoms with Crippen molar-refractivity contribution in [1.29, 1.82) is 0 Å². The van der Waals surface area contributed by atoms with Crippen molar-refractivity contribution in [3.63, 3.8) is 0 Å². The molecule has 0 nitrogen and oxygen atoms in total. The summed E-state index contributed by atoms with van der Waals surface area (Å²) < 4.78 is 75.8. The summed E-state index contributed by atoms with van der Waals surface area (Å²) in [4.78, 5) is 0. The lowest BCUT2D eigenvalue weighted by atomic mass is 9.83. The van der Waals surface area contributed by atoms with E-state index >= 15 is 0 Å². The van der Waals surface area contributed by atoms with E-state index in [1.54, 1.807) is 0 Å². The lowest BCUT2D eigenvalue weighted by Gasteiger charge is -2.34. The fraction of sp³-hybridized carbons (Fsp3) is 1.00. The summed E-state index contributed by atoms with van der Waals surface area (Å²) in [5.74, 6) is 0. The molecule has 19 heavy (non-hydrogen) atoms. The first-order valence-electron chi connectivity index (χ1n) is 6.23. The highest BCUT2D eigenvalue weighted by Gasteiger charge is 2.66. The van der Waals surface area contributed by atoms with Crippen LogP contribution >= 0.6 is 22.6 Å². The molecule has 1 atom stereocenters. The third-order valence-electron chi connectivity index (χ3n) is 3.30. The second kappa shape index (κ2) is 7.36. The van der Waals surface area contributed by atoms with Gasteiger partial charge in [-0.15, -0.1) is 0 Å². The highest BCUT2D eigenvalue weighted by Crippen LogP contribution is 2.53. The monoisotopic (exact) mass is 404 g/mol. The maximum absolute atomic E-state index is 12.6. The van der Waals surface area contributed by atoms with E-state index in [0.29, 0.717) is 16.8 Å². The molecule has 0 aliphatic rings. The van der Waals surface area contributed by atoms with Crippen molar-refractivity contribution in [2.45, 2.75) is 68.6 Å². The van der Waals surface area contributed by atoms with Crippen molar-refractivity contribution >= 4 is 22.6 Å². The molecule has 0 spiro atoms. The molecule has 0 rings (SSSR count). The summed E-state index contributed by atoms with van der Waals surface area (Å²) in [7, 11) is 0. The third-order valence-corrected chi connectivity index (χ3v) is 4.54. The van der Waals surface area contributed by atoms with Gasteiger partial charge in [-0.25, -0.2) is 0 Å². The van der Waals surface area contributed by atoms with E-state index in [1.165, 1.54) is 0 Å². The Morgan fingerprint density at radius 1 is 0.895 bits per heavy atom. The van der Waals surface area contributed by atoms with Gasteiger partial charge in [0.05, 0.1) is 0 Å². The lowest BCUT2D eigenvalue weighted by Crippen LogP contribution is -2.47. The summed E-state index contributed by atoms with van der Waals surface area (Å²) >= 11 is 2.19. The molecule has 0 radical (unpaired) electrons. The zero-order valence-electron chi connectivity index (χ0n) is 11.0. The van der Waals surface area contributed by atoms with Gasteiger partial charge in [-0.3, -0.25) is 0 Å². The van der Waals surface area contributed by atoms with Gasteiger partial charge in [-0.2, -0.15) is 26.3 Å². The molecule has 0 saturated carbocycles. The van der Waals surface area contributed by atoms with Crippen molar-refractivity contribution < 1.29 is 26.3 Å². The lowest BCUT2D eigenvalue weighted by molar-refractivity contribution is -0.336. The normalized spacial score (nSPS) is 15.6. The molecule has 0 aromatic carbocycles. The third kappa shape index (κ3) is 5.67. The summed E-state index contributed by atoms with van der Waals surface area (Å²) in [5, 5.41) is 0. The molecule has 0 fully saturated rings. The Morgan fingerprint density at radius 3 is 1.74 bits per heavy atom. The fourth-order valence-corrected chi connectivity index (χ4v) is 2.81. The minimum Gasteiger partial charge on any atom is -0.170 e. The molecule has 0 saturated heterocycles. The van der Waals surface area contributed by atoms with Crippen LogP contribution in [0.5, 0.6) is 0 Å². The highest BCUT2D eigenvalue weighted by molar-refractivity contribution is 14.1. The van der Waals surface area contributed by atoms with Gasteiger partial charge in [0.25, 0.3) is 0 Å². The number of halogens is 7. The van der Waals surface area contributed by atoms with E-state index in [9.17, 15) is 26.3 Å². The fourth-order valence-electron chi connectivity index (χ4n) is 1.75. The molecule has 116 valence electrons. The first kappa shape index (κ1) is 19.3. The molecule has 0 aromatic rings. The molecule has 0 amide bonds. The number of unbranched alkanes of at least 4 members (excludes halogenated alkanes) is 1. The van der Waals surface area contributed by atoms with E-state index in [-0.39, 0.29) is 13.3 Å². The van der Waals surface area contributed by atoms with Gasteiger partial charge in [-0.1, -0.05) is 48.8 Å². The quantitative estimate of drug-likeness (QED) is 0.203. The largest absolute Gasteiger partial charge is 0.402 e. The van der Waals surface area contributed by atoms with E-state index in [0.717, 1.165) is 12.8 Å². The molecule has 1 unspecified atom stereocenters. The minimum atomic E-state index is -5.25. The summed E-state index contributed by atoms with van der Waals surface area (Å²) in [6.07, 6.45) is -8.48. The molecule has 0 bridgehead atoms. The van der Waals surface area contributed by atoms with Crippen LogP contribution in [-0.4, -0.2) is 16.3 Å². The van der Waals surface area contributed by atoms with Crippen LogP contribution < -0.4 is 0 Å². The average Bonchev–Trinajstić information content (AvgIpc) is 2.21. The Morgan fingerprint density at radius 2 is 1.37 bits per heavy atom. The second-order valence-corrected chi connectivity index (χ2v) is 6.72. The first-order valence-corrected chi connectivity index (χ1v) is 7.47. The van der Waals surface area contributed by atoms with Crippen LogP contribution in [0, 0.1) is 5.41 Å². The summed E-state index contributed by atoms with van der Waals surface area (Å²) in [6.45, 7) is 2.25. The van der Waals surface area contributed by atoms with Crippen LogP contribution in [0.4, 0.5) is 26.3 Å². The van der Waals surface area contributed by atoms with Crippen molar-refractivity contribution in [2.75, 3.05) is 0 Å². The number of hydrogen-bond donors (Lipinski definition) is 0. The Kier molecular flexibility index (Phi) is 7.48. The van der Waals surface area contributed by atoms with Gasteiger partial charge >= 0.3 is 12.4 Å². The Labute approximate surface area is 123 Å². The van der Waals surface area contributed by atoms with Crippen molar-refractivity contribution in [3.8, 4) is 0 Å². The van der Waals surface area contributed by atoms with Crippen LogP contribution in [0.1, 0.15) is 52.4 Å². The van der Waals surface area contributed by atoms with Gasteiger partial charge in [0, 0.05) is 3.92 Å². The van der Waals surface area contributed by atoms with Crippen molar-refractivity contribution in [3.05, 3.63) is 0 Å². The Hall–Kier alpha value is 0.310. The minimum absolute atomic E-state index is 0.0568. The smallest absolute Gasteiger partial charge is 0.170 e. The van der Waals surface area contributed by atoms with E-state index in [2.05, 4.69) is 22.6 Å². The van der Waals surface area contributed by atoms with Gasteiger partial charge < -0.3 is 0 Å². The van der Waals surface area contributed by atoms with E-state index in [4.69, 9.17) is 0 Å². The van der Waals surface area contributed by atoms with Gasteiger partial charge in [0.1, 0.15) is 0 Å². The highest BCUT2D eigenvalue weighted by atomic mass is 127. The predicted octanol–water partition coefficient (Wildman–Crippen LogP) is 6.28. The number of hydrogen-bond acceptors (Lipinski definition) is 0. The maximum Gasteiger partial charge on any atom is 0.402 e.